The van der Waals surface area contributed by atoms with Crippen LogP contribution in [0.15, 0.2) is 42.5 Å². The molecule has 1 aliphatic heterocycles. The van der Waals surface area contributed by atoms with Crippen molar-refractivity contribution in [2.24, 2.45) is 0 Å². The molecule has 5 heteroatoms. The second kappa shape index (κ2) is 7.83. The highest BCUT2D eigenvalue weighted by Crippen LogP contribution is 2.40. The lowest BCUT2D eigenvalue weighted by molar-refractivity contribution is 0.214. The largest absolute Gasteiger partial charge is 0.492 e. The lowest BCUT2D eigenvalue weighted by Crippen LogP contribution is -2.34. The highest BCUT2D eigenvalue weighted by Gasteiger charge is 2.31. The van der Waals surface area contributed by atoms with Gasteiger partial charge in [-0.1, -0.05) is 35.9 Å². The number of ether oxygens (including phenoxy) is 1. The molecular weight excluding hydrogens is 332 g/mol. The molecule has 0 aliphatic carbocycles. The average Bonchev–Trinajstić information content (AvgIpc) is 3.06. The van der Waals surface area contributed by atoms with Crippen LogP contribution in [0.5, 0.6) is 5.75 Å². The van der Waals surface area contributed by atoms with E-state index in [9.17, 15) is 4.79 Å². The molecule has 0 saturated carbocycles. The maximum absolute atomic E-state index is 12.9. The SMILES string of the molecule is CCOc1ccccc1NC(=O)N1CCSC1c1ccc(C)cc1C. The van der Waals surface area contributed by atoms with Crippen molar-refractivity contribution >= 4 is 23.5 Å². The van der Waals surface area contributed by atoms with Gasteiger partial charge in [-0.15, -0.1) is 11.8 Å². The first-order chi connectivity index (χ1) is 12.1. The van der Waals surface area contributed by atoms with E-state index < -0.39 is 0 Å². The summed E-state index contributed by atoms with van der Waals surface area (Å²) >= 11 is 1.81. The van der Waals surface area contributed by atoms with Crippen LogP contribution in [0, 0.1) is 13.8 Å². The fourth-order valence-corrected chi connectivity index (χ4v) is 4.43. The van der Waals surface area contributed by atoms with Crippen LogP contribution in [-0.2, 0) is 0 Å². The van der Waals surface area contributed by atoms with Crippen molar-refractivity contribution < 1.29 is 9.53 Å². The molecule has 2 aromatic rings. The number of hydrogen-bond acceptors (Lipinski definition) is 3. The summed E-state index contributed by atoms with van der Waals surface area (Å²) in [6.07, 6.45) is 0. The second-order valence-electron chi connectivity index (χ2n) is 6.14. The second-order valence-corrected chi connectivity index (χ2v) is 7.32. The Balaban J connectivity index is 1.79. The quantitative estimate of drug-likeness (QED) is 0.840. The minimum Gasteiger partial charge on any atom is -0.492 e. The van der Waals surface area contributed by atoms with Crippen LogP contribution in [0.3, 0.4) is 0 Å². The minimum atomic E-state index is -0.0814. The van der Waals surface area contributed by atoms with E-state index in [-0.39, 0.29) is 11.4 Å². The van der Waals surface area contributed by atoms with Gasteiger partial charge in [-0.3, -0.25) is 0 Å². The maximum Gasteiger partial charge on any atom is 0.323 e. The van der Waals surface area contributed by atoms with Crippen LogP contribution in [0.2, 0.25) is 0 Å². The van der Waals surface area contributed by atoms with Gasteiger partial charge in [-0.25, -0.2) is 4.79 Å². The molecule has 4 nitrogen and oxygen atoms in total. The first-order valence-corrected chi connectivity index (χ1v) is 9.63. The van der Waals surface area contributed by atoms with Gasteiger partial charge in [0.05, 0.1) is 12.3 Å². The smallest absolute Gasteiger partial charge is 0.323 e. The molecule has 2 amide bonds. The van der Waals surface area contributed by atoms with Gasteiger partial charge < -0.3 is 15.0 Å². The summed E-state index contributed by atoms with van der Waals surface area (Å²) in [4.78, 5) is 14.8. The first kappa shape index (κ1) is 17.7. The molecule has 0 radical (unpaired) electrons. The number of hydrogen-bond donors (Lipinski definition) is 1. The zero-order valence-corrected chi connectivity index (χ0v) is 15.7. The Morgan fingerprint density at radius 2 is 2.08 bits per heavy atom. The van der Waals surface area contributed by atoms with Gasteiger partial charge in [0.1, 0.15) is 11.1 Å². The summed E-state index contributed by atoms with van der Waals surface area (Å²) < 4.78 is 5.61. The number of nitrogens with zero attached hydrogens (tertiary/aromatic N) is 1. The van der Waals surface area contributed by atoms with Gasteiger partial charge in [0.2, 0.25) is 0 Å². The minimum absolute atomic E-state index is 0.0554. The fraction of sp³-hybridized carbons (Fsp3) is 0.350. The van der Waals surface area contributed by atoms with E-state index in [0.29, 0.717) is 18.0 Å². The molecule has 0 aromatic heterocycles. The molecule has 2 aromatic carbocycles. The molecule has 3 rings (SSSR count). The maximum atomic E-state index is 12.9. The average molecular weight is 356 g/mol. The number of para-hydroxylation sites is 2. The summed E-state index contributed by atoms with van der Waals surface area (Å²) in [6, 6.07) is 13.9. The molecule has 1 atom stereocenters. The number of carbonyl (C=O) groups is 1. The number of rotatable bonds is 4. The Morgan fingerprint density at radius 1 is 1.28 bits per heavy atom. The lowest BCUT2D eigenvalue weighted by Gasteiger charge is -2.26. The molecular formula is C20H24N2O2S. The fourth-order valence-electron chi connectivity index (χ4n) is 3.08. The van der Waals surface area contributed by atoms with Crippen molar-refractivity contribution in [3.63, 3.8) is 0 Å². The third-order valence-corrected chi connectivity index (χ3v) is 5.51. The van der Waals surface area contributed by atoms with Crippen molar-refractivity contribution in [3.05, 3.63) is 59.2 Å². The number of aryl methyl sites for hydroxylation is 2. The van der Waals surface area contributed by atoms with E-state index in [1.54, 1.807) is 0 Å². The molecule has 1 N–H and O–H groups in total. The molecule has 0 spiro atoms. The Labute approximate surface area is 153 Å². The summed E-state index contributed by atoms with van der Waals surface area (Å²) in [5, 5.41) is 3.07. The van der Waals surface area contributed by atoms with Crippen molar-refractivity contribution in [1.82, 2.24) is 4.90 Å². The number of urea groups is 1. The number of benzene rings is 2. The van der Waals surface area contributed by atoms with E-state index in [1.165, 1.54) is 16.7 Å². The van der Waals surface area contributed by atoms with Gasteiger partial charge in [-0.05, 0) is 44.0 Å². The predicted octanol–water partition coefficient (Wildman–Crippen LogP) is 4.98. The van der Waals surface area contributed by atoms with Crippen LogP contribution >= 0.6 is 11.8 Å². The van der Waals surface area contributed by atoms with Crippen LogP contribution in [0.4, 0.5) is 10.5 Å². The van der Waals surface area contributed by atoms with Gasteiger partial charge in [0.25, 0.3) is 0 Å². The van der Waals surface area contributed by atoms with E-state index in [0.717, 1.165) is 12.3 Å². The highest BCUT2D eigenvalue weighted by molar-refractivity contribution is 7.99. The highest BCUT2D eigenvalue weighted by atomic mass is 32.2. The lowest BCUT2D eigenvalue weighted by atomic mass is 10.1. The Bertz CT molecular complexity index is 763. The summed E-state index contributed by atoms with van der Waals surface area (Å²) in [6.45, 7) is 7.45. The summed E-state index contributed by atoms with van der Waals surface area (Å²) in [5.74, 6) is 1.65. The zero-order chi connectivity index (χ0) is 17.8. The molecule has 132 valence electrons. The third-order valence-electron chi connectivity index (χ3n) is 4.27. The van der Waals surface area contributed by atoms with E-state index in [4.69, 9.17) is 4.74 Å². The predicted molar refractivity (Wildman–Crippen MR) is 104 cm³/mol. The molecule has 1 saturated heterocycles. The van der Waals surface area contributed by atoms with E-state index >= 15 is 0 Å². The Hall–Kier alpha value is -2.14. The zero-order valence-electron chi connectivity index (χ0n) is 14.9. The molecule has 1 fully saturated rings. The van der Waals surface area contributed by atoms with E-state index in [1.807, 2.05) is 47.9 Å². The molecule has 0 bridgehead atoms. The van der Waals surface area contributed by atoms with Crippen LogP contribution < -0.4 is 10.1 Å². The van der Waals surface area contributed by atoms with Crippen molar-refractivity contribution in [2.45, 2.75) is 26.1 Å². The third kappa shape index (κ3) is 3.93. The summed E-state index contributed by atoms with van der Waals surface area (Å²) in [5.41, 5.74) is 4.39. The monoisotopic (exact) mass is 356 g/mol. The van der Waals surface area contributed by atoms with Crippen molar-refractivity contribution in [2.75, 3.05) is 24.2 Å². The van der Waals surface area contributed by atoms with Gasteiger partial charge in [-0.2, -0.15) is 0 Å². The Morgan fingerprint density at radius 3 is 2.84 bits per heavy atom. The van der Waals surface area contributed by atoms with Crippen molar-refractivity contribution in [3.8, 4) is 5.75 Å². The van der Waals surface area contributed by atoms with E-state index in [2.05, 4.69) is 37.4 Å². The summed E-state index contributed by atoms with van der Waals surface area (Å²) in [7, 11) is 0. The first-order valence-electron chi connectivity index (χ1n) is 8.58. The molecule has 1 aliphatic rings. The topological polar surface area (TPSA) is 41.6 Å². The number of carbonyl (C=O) groups excluding carboxylic acids is 1. The van der Waals surface area contributed by atoms with Gasteiger partial charge >= 0.3 is 6.03 Å². The number of anilines is 1. The van der Waals surface area contributed by atoms with Crippen LogP contribution in [0.1, 0.15) is 29.0 Å². The van der Waals surface area contributed by atoms with Gasteiger partial charge in [0.15, 0.2) is 0 Å². The Kier molecular flexibility index (Phi) is 5.53. The number of nitrogens with one attached hydrogen (secondary N) is 1. The van der Waals surface area contributed by atoms with Gasteiger partial charge in [0, 0.05) is 12.3 Å². The van der Waals surface area contributed by atoms with Crippen LogP contribution in [-0.4, -0.2) is 29.8 Å². The number of amides is 2. The van der Waals surface area contributed by atoms with Crippen LogP contribution in [0.25, 0.3) is 0 Å². The normalized spacial score (nSPS) is 16.8. The standard InChI is InChI=1S/C20H24N2O2S/c1-4-24-18-8-6-5-7-17(18)21-20(23)22-11-12-25-19(22)16-10-9-14(2)13-15(16)3/h5-10,13,19H,4,11-12H2,1-3H3,(H,21,23). The molecule has 25 heavy (non-hydrogen) atoms. The number of thioether (sulfide) groups is 1. The molecule has 1 heterocycles. The molecule has 1 unspecified atom stereocenters. The van der Waals surface area contributed by atoms with Crippen molar-refractivity contribution in [1.29, 1.82) is 0 Å².